The van der Waals surface area contributed by atoms with Gasteiger partial charge in [-0.05, 0) is 26.0 Å². The van der Waals surface area contributed by atoms with Gasteiger partial charge in [0.1, 0.15) is 28.5 Å². The van der Waals surface area contributed by atoms with E-state index in [1.165, 1.54) is 18.3 Å². The van der Waals surface area contributed by atoms with Crippen molar-refractivity contribution in [1.29, 1.82) is 0 Å². The number of carbonyl (C=O) groups is 1. The molecule has 0 saturated carbocycles. The molecule has 1 aliphatic heterocycles. The molecule has 1 amide bonds. The van der Waals surface area contributed by atoms with Crippen molar-refractivity contribution in [2.75, 3.05) is 26.8 Å². The molecule has 2 aromatic rings. The monoisotopic (exact) mass is 423 g/mol. The molecule has 1 saturated heterocycles. The first-order chi connectivity index (χ1) is 13.8. The van der Waals surface area contributed by atoms with E-state index >= 15 is 0 Å². The number of nitrogens with one attached hydrogen (secondary N) is 1. The van der Waals surface area contributed by atoms with Gasteiger partial charge in [-0.25, -0.2) is 8.42 Å². The van der Waals surface area contributed by atoms with Crippen LogP contribution in [-0.4, -0.2) is 62.7 Å². The Hall–Kier alpha value is -2.43. The summed E-state index contributed by atoms with van der Waals surface area (Å²) in [4.78, 5) is 12.7. The number of aromatic nitrogens is 1. The van der Waals surface area contributed by atoms with E-state index < -0.39 is 28.1 Å². The molecule has 2 atom stereocenters. The van der Waals surface area contributed by atoms with Crippen LogP contribution in [0.15, 0.2) is 39.8 Å². The molecule has 0 unspecified atom stereocenters. The van der Waals surface area contributed by atoms with Gasteiger partial charge in [-0.15, -0.1) is 0 Å². The summed E-state index contributed by atoms with van der Waals surface area (Å²) in [6, 6.07) is 8.20. The molecule has 29 heavy (non-hydrogen) atoms. The smallest absolute Gasteiger partial charge is 0.249 e. The number of sulfonamides is 1. The molecule has 10 heteroatoms. The largest absolute Gasteiger partial charge is 0.489 e. The average Bonchev–Trinajstić information content (AvgIpc) is 3.26. The number of carbonyl (C=O) groups excluding carboxylic acids is 1. The SMILES string of the molecule is COCCNC(=O)[C@H]1C[C@H](Oc2ccccc2)CN1S(=O)(=O)c1c(C)noc1C. The molecule has 1 aromatic heterocycles. The quantitative estimate of drug-likeness (QED) is 0.637. The fourth-order valence-corrected chi connectivity index (χ4v) is 5.33. The van der Waals surface area contributed by atoms with Gasteiger partial charge in [0.15, 0.2) is 5.76 Å². The lowest BCUT2D eigenvalue weighted by Crippen LogP contribution is -2.46. The number of methoxy groups -OCH3 is 1. The first kappa shape index (κ1) is 21.3. The zero-order chi connectivity index (χ0) is 21.0. The van der Waals surface area contributed by atoms with Crippen LogP contribution in [0, 0.1) is 13.8 Å². The predicted molar refractivity (Wildman–Crippen MR) is 104 cm³/mol. The number of nitrogens with zero attached hydrogens (tertiary/aromatic N) is 2. The number of hydrogen-bond donors (Lipinski definition) is 1. The maximum atomic E-state index is 13.3. The number of ether oxygens (including phenoxy) is 2. The van der Waals surface area contributed by atoms with E-state index in [-0.39, 0.29) is 35.9 Å². The van der Waals surface area contributed by atoms with Crippen LogP contribution in [-0.2, 0) is 19.6 Å². The minimum atomic E-state index is -4.00. The van der Waals surface area contributed by atoms with Crippen molar-refractivity contribution in [3.8, 4) is 5.75 Å². The van der Waals surface area contributed by atoms with Crippen LogP contribution in [0.25, 0.3) is 0 Å². The second-order valence-electron chi connectivity index (χ2n) is 6.82. The molecule has 1 N–H and O–H groups in total. The maximum Gasteiger partial charge on any atom is 0.249 e. The van der Waals surface area contributed by atoms with Crippen molar-refractivity contribution in [3.05, 3.63) is 41.8 Å². The Kier molecular flexibility index (Phi) is 6.56. The summed E-state index contributed by atoms with van der Waals surface area (Å²) < 4.78 is 43.8. The lowest BCUT2D eigenvalue weighted by molar-refractivity contribution is -0.124. The minimum Gasteiger partial charge on any atom is -0.489 e. The summed E-state index contributed by atoms with van der Waals surface area (Å²) in [5.74, 6) is 0.414. The van der Waals surface area contributed by atoms with Crippen LogP contribution >= 0.6 is 0 Å². The van der Waals surface area contributed by atoms with Gasteiger partial charge in [0.2, 0.25) is 15.9 Å². The van der Waals surface area contributed by atoms with E-state index in [9.17, 15) is 13.2 Å². The van der Waals surface area contributed by atoms with Gasteiger partial charge in [-0.1, -0.05) is 23.4 Å². The Morgan fingerprint density at radius 3 is 2.66 bits per heavy atom. The lowest BCUT2D eigenvalue weighted by atomic mass is 10.2. The maximum absolute atomic E-state index is 13.3. The van der Waals surface area contributed by atoms with E-state index in [1.807, 2.05) is 18.2 Å². The van der Waals surface area contributed by atoms with Gasteiger partial charge in [0, 0.05) is 20.1 Å². The molecule has 3 rings (SSSR count). The van der Waals surface area contributed by atoms with Gasteiger partial charge < -0.3 is 19.3 Å². The Labute approximate surface area is 170 Å². The highest BCUT2D eigenvalue weighted by atomic mass is 32.2. The van der Waals surface area contributed by atoms with Crippen LogP contribution in [0.1, 0.15) is 17.9 Å². The van der Waals surface area contributed by atoms with Crippen LogP contribution in [0.4, 0.5) is 0 Å². The molecule has 9 nitrogen and oxygen atoms in total. The lowest BCUT2D eigenvalue weighted by Gasteiger charge is -2.22. The molecular formula is C19H25N3O6S. The van der Waals surface area contributed by atoms with Gasteiger partial charge in [0.25, 0.3) is 0 Å². The number of rotatable bonds is 8. The van der Waals surface area contributed by atoms with Crippen molar-refractivity contribution in [3.63, 3.8) is 0 Å². The van der Waals surface area contributed by atoms with Crippen molar-refractivity contribution in [2.45, 2.75) is 37.3 Å². The van der Waals surface area contributed by atoms with E-state index in [1.54, 1.807) is 19.1 Å². The highest BCUT2D eigenvalue weighted by molar-refractivity contribution is 7.89. The summed E-state index contributed by atoms with van der Waals surface area (Å²) >= 11 is 0. The number of benzene rings is 1. The first-order valence-electron chi connectivity index (χ1n) is 9.27. The number of aryl methyl sites for hydroxylation is 2. The van der Waals surface area contributed by atoms with Crippen LogP contribution in [0.5, 0.6) is 5.75 Å². The molecular weight excluding hydrogens is 398 g/mol. The normalized spacial score (nSPS) is 20.0. The second kappa shape index (κ2) is 8.93. The summed E-state index contributed by atoms with van der Waals surface area (Å²) in [5, 5.41) is 6.46. The summed E-state index contributed by atoms with van der Waals surface area (Å²) in [6.45, 7) is 3.76. The molecule has 0 bridgehead atoms. The van der Waals surface area contributed by atoms with Crippen molar-refractivity contribution >= 4 is 15.9 Å². The van der Waals surface area contributed by atoms with Gasteiger partial charge in [0.05, 0.1) is 13.2 Å². The standard InChI is InChI=1S/C19H25N3O6S/c1-13-18(14(2)28-21-13)29(24,25)22-12-16(27-15-7-5-4-6-8-15)11-17(22)19(23)20-9-10-26-3/h4-8,16-17H,9-12H2,1-3H3,(H,20,23)/t16-,17+/m0/s1. The van der Waals surface area contributed by atoms with Crippen LogP contribution < -0.4 is 10.1 Å². The second-order valence-corrected chi connectivity index (χ2v) is 8.64. The van der Waals surface area contributed by atoms with E-state index in [2.05, 4.69) is 10.5 Å². The van der Waals surface area contributed by atoms with Gasteiger partial charge in [-0.2, -0.15) is 4.31 Å². The average molecular weight is 423 g/mol. The van der Waals surface area contributed by atoms with Gasteiger partial charge >= 0.3 is 0 Å². The van der Waals surface area contributed by atoms with E-state index in [4.69, 9.17) is 14.0 Å². The zero-order valence-corrected chi connectivity index (χ0v) is 17.4. The third-order valence-electron chi connectivity index (χ3n) is 4.71. The third-order valence-corrected chi connectivity index (χ3v) is 6.83. The van der Waals surface area contributed by atoms with Crippen molar-refractivity contribution in [2.24, 2.45) is 0 Å². The Balaban J connectivity index is 1.87. The van der Waals surface area contributed by atoms with E-state index in [0.717, 1.165) is 0 Å². The topological polar surface area (TPSA) is 111 Å². The molecule has 0 spiro atoms. The minimum absolute atomic E-state index is 0.00690. The van der Waals surface area contributed by atoms with E-state index in [0.29, 0.717) is 12.4 Å². The summed E-state index contributed by atoms with van der Waals surface area (Å²) in [7, 11) is -2.47. The highest BCUT2D eigenvalue weighted by Gasteiger charge is 2.46. The number of para-hydroxylation sites is 1. The fourth-order valence-electron chi connectivity index (χ4n) is 3.40. The highest BCUT2D eigenvalue weighted by Crippen LogP contribution is 2.31. The predicted octanol–water partition coefficient (Wildman–Crippen LogP) is 1.26. The summed E-state index contributed by atoms with van der Waals surface area (Å²) in [6.07, 6.45) is -0.234. The number of hydrogen-bond acceptors (Lipinski definition) is 7. The molecule has 1 fully saturated rings. The Bertz CT molecular complexity index is 925. The number of amides is 1. The molecule has 0 radical (unpaired) electrons. The Morgan fingerprint density at radius 2 is 2.03 bits per heavy atom. The third kappa shape index (κ3) is 4.60. The summed E-state index contributed by atoms with van der Waals surface area (Å²) in [5.41, 5.74) is 0.258. The van der Waals surface area contributed by atoms with Crippen LogP contribution in [0.3, 0.4) is 0 Å². The molecule has 158 valence electrons. The fraction of sp³-hybridized carbons (Fsp3) is 0.474. The Morgan fingerprint density at radius 1 is 1.31 bits per heavy atom. The van der Waals surface area contributed by atoms with Crippen molar-refractivity contribution < 1.29 is 27.2 Å². The first-order valence-corrected chi connectivity index (χ1v) is 10.7. The molecule has 1 aromatic carbocycles. The zero-order valence-electron chi connectivity index (χ0n) is 16.6. The van der Waals surface area contributed by atoms with Crippen LogP contribution in [0.2, 0.25) is 0 Å². The molecule has 1 aliphatic rings. The molecule has 2 heterocycles. The van der Waals surface area contributed by atoms with Gasteiger partial charge in [-0.3, -0.25) is 4.79 Å². The van der Waals surface area contributed by atoms with Crippen molar-refractivity contribution in [1.82, 2.24) is 14.8 Å². The molecule has 0 aliphatic carbocycles.